The van der Waals surface area contributed by atoms with Crippen molar-refractivity contribution in [1.82, 2.24) is 4.72 Å². The van der Waals surface area contributed by atoms with Crippen LogP contribution in [-0.2, 0) is 16.2 Å². The predicted octanol–water partition coefficient (Wildman–Crippen LogP) is 3.69. The fourth-order valence-corrected chi connectivity index (χ4v) is 2.99. The van der Waals surface area contributed by atoms with E-state index in [4.69, 9.17) is 11.6 Å². The highest BCUT2D eigenvalue weighted by Crippen LogP contribution is 2.29. The van der Waals surface area contributed by atoms with E-state index < -0.39 is 21.8 Å². The van der Waals surface area contributed by atoms with Gasteiger partial charge in [-0.3, -0.25) is 0 Å². The van der Waals surface area contributed by atoms with E-state index in [1.165, 1.54) is 36.4 Å². The first-order valence-electron chi connectivity index (χ1n) is 6.60. The van der Waals surface area contributed by atoms with Crippen LogP contribution in [0.15, 0.2) is 53.4 Å². The van der Waals surface area contributed by atoms with Crippen LogP contribution in [0.25, 0.3) is 0 Å². The number of hydrogen-bond donors (Lipinski definition) is 1. The third-order valence-corrected chi connectivity index (χ3v) is 4.51. The van der Waals surface area contributed by atoms with E-state index in [0.717, 1.165) is 12.1 Å². The van der Waals surface area contributed by atoms with Crippen LogP contribution < -0.4 is 4.72 Å². The summed E-state index contributed by atoms with van der Waals surface area (Å²) in [5.74, 6) is 4.97. The Labute approximate surface area is 142 Å². The smallest absolute Gasteiger partial charge is 0.207 e. The minimum absolute atomic E-state index is 0.0177. The van der Waals surface area contributed by atoms with Gasteiger partial charge in [0.05, 0.1) is 17.0 Å². The van der Waals surface area contributed by atoms with Crippen molar-refractivity contribution in [3.63, 3.8) is 0 Å². The summed E-state index contributed by atoms with van der Waals surface area (Å²) in [6.45, 7) is -0.245. The molecule has 0 aliphatic rings. The van der Waals surface area contributed by atoms with Gasteiger partial charge < -0.3 is 0 Å². The molecule has 0 fully saturated rings. The van der Waals surface area contributed by atoms with Gasteiger partial charge in [0, 0.05) is 10.6 Å². The molecule has 2 rings (SSSR count). The Morgan fingerprint density at radius 1 is 1.08 bits per heavy atom. The maximum absolute atomic E-state index is 12.6. The van der Waals surface area contributed by atoms with Gasteiger partial charge in [0.25, 0.3) is 0 Å². The van der Waals surface area contributed by atoms with Crippen LogP contribution in [0.5, 0.6) is 0 Å². The number of sulfonamides is 1. The Morgan fingerprint density at radius 2 is 1.79 bits per heavy atom. The molecule has 2 aromatic rings. The van der Waals surface area contributed by atoms with E-state index in [9.17, 15) is 21.6 Å². The molecule has 1 N–H and O–H groups in total. The summed E-state index contributed by atoms with van der Waals surface area (Å²) in [7, 11) is -3.79. The van der Waals surface area contributed by atoms with Crippen molar-refractivity contribution in [1.29, 1.82) is 0 Å². The van der Waals surface area contributed by atoms with Gasteiger partial charge >= 0.3 is 6.18 Å². The quantitative estimate of drug-likeness (QED) is 0.834. The molecule has 0 amide bonds. The Morgan fingerprint density at radius 3 is 2.46 bits per heavy atom. The maximum Gasteiger partial charge on any atom is 0.416 e. The fraction of sp³-hybridized carbons (Fsp3) is 0.125. The second kappa shape index (κ2) is 7.26. The van der Waals surface area contributed by atoms with Crippen LogP contribution >= 0.6 is 11.6 Å². The molecular weight excluding hydrogens is 363 g/mol. The topological polar surface area (TPSA) is 46.2 Å². The highest BCUT2D eigenvalue weighted by molar-refractivity contribution is 7.89. The van der Waals surface area contributed by atoms with Crippen molar-refractivity contribution in [2.24, 2.45) is 0 Å². The number of benzene rings is 2. The number of hydrogen-bond acceptors (Lipinski definition) is 2. The van der Waals surface area contributed by atoms with Gasteiger partial charge in [-0.2, -0.15) is 17.9 Å². The van der Waals surface area contributed by atoms with E-state index in [2.05, 4.69) is 16.6 Å². The van der Waals surface area contributed by atoms with Crippen molar-refractivity contribution >= 4 is 21.6 Å². The SMILES string of the molecule is O=S(=O)(NCC#Cc1cccc(C(F)(F)F)c1)c1cccc(Cl)c1. The maximum atomic E-state index is 12.6. The molecule has 0 radical (unpaired) electrons. The zero-order valence-electron chi connectivity index (χ0n) is 12.1. The molecule has 0 aromatic heterocycles. The average Bonchev–Trinajstić information content (AvgIpc) is 2.51. The summed E-state index contributed by atoms with van der Waals surface area (Å²) in [5.41, 5.74) is -0.666. The lowest BCUT2D eigenvalue weighted by molar-refractivity contribution is -0.137. The molecule has 0 unspecified atom stereocenters. The van der Waals surface area contributed by atoms with Crippen molar-refractivity contribution in [2.75, 3.05) is 6.54 Å². The first kappa shape index (κ1) is 18.3. The molecule has 0 aliphatic heterocycles. The molecule has 0 saturated heterocycles. The molecule has 126 valence electrons. The van der Waals surface area contributed by atoms with Gasteiger partial charge in [-0.05, 0) is 36.4 Å². The van der Waals surface area contributed by atoms with Crippen molar-refractivity contribution in [3.8, 4) is 11.8 Å². The summed E-state index contributed by atoms with van der Waals surface area (Å²) < 4.78 is 64.0. The highest BCUT2D eigenvalue weighted by atomic mass is 35.5. The van der Waals surface area contributed by atoms with Gasteiger partial charge in [0.2, 0.25) is 10.0 Å². The van der Waals surface area contributed by atoms with E-state index in [-0.39, 0.29) is 22.0 Å². The van der Waals surface area contributed by atoms with Crippen LogP contribution in [0.1, 0.15) is 11.1 Å². The first-order chi connectivity index (χ1) is 11.2. The van der Waals surface area contributed by atoms with Gasteiger partial charge in [-0.15, -0.1) is 0 Å². The van der Waals surface area contributed by atoms with Crippen LogP contribution in [0.4, 0.5) is 13.2 Å². The minimum atomic E-state index is -4.45. The summed E-state index contributed by atoms with van der Waals surface area (Å²) in [6.07, 6.45) is -4.45. The van der Waals surface area contributed by atoms with E-state index in [1.807, 2.05) is 0 Å². The molecule has 0 saturated carbocycles. The molecule has 3 nitrogen and oxygen atoms in total. The van der Waals surface area contributed by atoms with E-state index in [1.54, 1.807) is 0 Å². The Kier molecular flexibility index (Phi) is 5.54. The Balaban J connectivity index is 2.07. The van der Waals surface area contributed by atoms with Crippen LogP contribution in [0, 0.1) is 11.8 Å². The largest absolute Gasteiger partial charge is 0.416 e. The number of nitrogens with one attached hydrogen (secondary N) is 1. The lowest BCUT2D eigenvalue weighted by atomic mass is 10.1. The third-order valence-electron chi connectivity index (χ3n) is 2.88. The Bertz CT molecular complexity index is 899. The number of alkyl halides is 3. The molecule has 2 aromatic carbocycles. The molecule has 0 bridgehead atoms. The summed E-state index contributed by atoms with van der Waals surface area (Å²) >= 11 is 5.73. The van der Waals surface area contributed by atoms with Crippen LogP contribution in [0.2, 0.25) is 5.02 Å². The van der Waals surface area contributed by atoms with Crippen LogP contribution in [0.3, 0.4) is 0 Å². The van der Waals surface area contributed by atoms with Crippen molar-refractivity contribution in [2.45, 2.75) is 11.1 Å². The molecule has 0 aliphatic carbocycles. The fourth-order valence-electron chi connectivity index (χ4n) is 1.77. The van der Waals surface area contributed by atoms with Crippen molar-refractivity contribution in [3.05, 3.63) is 64.7 Å². The predicted molar refractivity (Wildman–Crippen MR) is 85.0 cm³/mol. The summed E-state index contributed by atoms with van der Waals surface area (Å²) in [6, 6.07) is 10.2. The standard InChI is InChI=1S/C16H11ClF3NO2S/c17-14-7-2-8-15(11-14)24(22,23)21-9-3-5-12-4-1-6-13(10-12)16(18,19)20/h1-2,4,6-8,10-11,21H,9H2. The third kappa shape index (κ3) is 4.99. The summed E-state index contributed by atoms with van der Waals surface area (Å²) in [5, 5.41) is 0.271. The molecule has 8 heteroatoms. The molecule has 0 heterocycles. The first-order valence-corrected chi connectivity index (χ1v) is 8.46. The zero-order chi connectivity index (χ0) is 17.8. The molecule has 0 spiro atoms. The zero-order valence-corrected chi connectivity index (χ0v) is 13.6. The van der Waals surface area contributed by atoms with Gasteiger partial charge in [0.15, 0.2) is 0 Å². The minimum Gasteiger partial charge on any atom is -0.207 e. The normalized spacial score (nSPS) is 11.7. The average molecular weight is 374 g/mol. The molecule has 0 atom stereocenters. The second-order valence-electron chi connectivity index (χ2n) is 4.66. The second-order valence-corrected chi connectivity index (χ2v) is 6.87. The number of halogens is 4. The van der Waals surface area contributed by atoms with E-state index >= 15 is 0 Å². The van der Waals surface area contributed by atoms with Crippen molar-refractivity contribution < 1.29 is 21.6 Å². The molecule has 24 heavy (non-hydrogen) atoms. The highest BCUT2D eigenvalue weighted by Gasteiger charge is 2.30. The van der Waals surface area contributed by atoms with Gasteiger partial charge in [-0.25, -0.2) is 8.42 Å². The summed E-state index contributed by atoms with van der Waals surface area (Å²) in [4.78, 5) is -0.0177. The molecular formula is C16H11ClF3NO2S. The van der Waals surface area contributed by atoms with Gasteiger partial charge in [-0.1, -0.05) is 35.6 Å². The van der Waals surface area contributed by atoms with E-state index in [0.29, 0.717) is 0 Å². The lowest BCUT2D eigenvalue weighted by Gasteiger charge is -2.06. The van der Waals surface area contributed by atoms with Crippen LogP contribution in [-0.4, -0.2) is 15.0 Å². The number of rotatable bonds is 3. The Hall–Kier alpha value is -2.01. The lowest BCUT2D eigenvalue weighted by Crippen LogP contribution is -2.23. The monoisotopic (exact) mass is 373 g/mol. The van der Waals surface area contributed by atoms with Gasteiger partial charge in [0.1, 0.15) is 0 Å².